The summed E-state index contributed by atoms with van der Waals surface area (Å²) in [6, 6.07) is 10.1. The van der Waals surface area contributed by atoms with Crippen LogP contribution in [0, 0.1) is 6.92 Å². The number of nitrogens with zero attached hydrogens (tertiary/aromatic N) is 5. The Kier molecular flexibility index (Phi) is 8.30. The van der Waals surface area contributed by atoms with Gasteiger partial charge >= 0.3 is 0 Å². The Morgan fingerprint density at radius 2 is 1.95 bits per heavy atom. The lowest BCUT2D eigenvalue weighted by Crippen LogP contribution is -2.39. The maximum absolute atomic E-state index is 13.7. The summed E-state index contributed by atoms with van der Waals surface area (Å²) >= 11 is 6.03. The van der Waals surface area contributed by atoms with Crippen molar-refractivity contribution in [2.75, 3.05) is 35.3 Å². The van der Waals surface area contributed by atoms with Crippen molar-refractivity contribution in [2.45, 2.75) is 38.6 Å². The molecular weight excluding hydrogens is 592 g/mol. The van der Waals surface area contributed by atoms with Gasteiger partial charge in [0.1, 0.15) is 5.15 Å². The molecule has 4 N–H and O–H groups in total. The highest BCUT2D eigenvalue weighted by Gasteiger charge is 2.27. The normalized spacial score (nSPS) is 16.2. The van der Waals surface area contributed by atoms with Crippen molar-refractivity contribution in [1.82, 2.24) is 24.2 Å². The fourth-order valence-electron chi connectivity index (χ4n) is 5.47. The maximum Gasteiger partial charge on any atom is 0.285 e. The summed E-state index contributed by atoms with van der Waals surface area (Å²) < 4.78 is 26.9. The molecule has 0 spiro atoms. The average Bonchev–Trinajstić information content (AvgIpc) is 2.95. The van der Waals surface area contributed by atoms with Gasteiger partial charge in [0, 0.05) is 37.3 Å². The Morgan fingerprint density at radius 1 is 1.19 bits per heavy atom. The zero-order valence-electron chi connectivity index (χ0n) is 24.3. The number of halogens is 1. The van der Waals surface area contributed by atoms with Crippen LogP contribution in [0.2, 0.25) is 5.15 Å². The van der Waals surface area contributed by atoms with Crippen molar-refractivity contribution in [3.05, 3.63) is 80.6 Å². The molecule has 1 saturated heterocycles. The van der Waals surface area contributed by atoms with E-state index in [1.807, 2.05) is 42.8 Å². The number of hydrogen-bond acceptors (Lipinski definition) is 10. The summed E-state index contributed by atoms with van der Waals surface area (Å²) in [7, 11) is -2.11. The SMILES string of the molecule is Cc1cc([C@@H](C)Nc2ccc(Cl)nc2C(=O)NS(C)(=O)=O)c2nc(N3CCC[C@@H](c4ccc(N)cn4)C3)n(C)c(=O)c2c1. The molecule has 1 aliphatic heterocycles. The number of carbonyl (C=O) groups is 1. The quantitative estimate of drug-likeness (QED) is 0.259. The van der Waals surface area contributed by atoms with Crippen LogP contribution in [0.15, 0.2) is 47.4 Å². The summed E-state index contributed by atoms with van der Waals surface area (Å²) in [5, 5.41) is 3.74. The van der Waals surface area contributed by atoms with Gasteiger partial charge in [0.15, 0.2) is 5.69 Å². The lowest BCUT2D eigenvalue weighted by Gasteiger charge is -2.34. The summed E-state index contributed by atoms with van der Waals surface area (Å²) in [5.74, 6) is -0.205. The molecule has 14 heteroatoms. The van der Waals surface area contributed by atoms with Gasteiger partial charge in [0.25, 0.3) is 11.5 Å². The van der Waals surface area contributed by atoms with Gasteiger partial charge in [0.05, 0.1) is 40.8 Å². The standard InChI is InChI=1S/C29H33ClN8O4S/c1-16-12-20(17(2)33-23-9-10-24(30)34-26(23)27(39)36-43(4,41)42)25-21(13-16)28(40)37(3)29(35-25)38-11-5-6-18(15-38)22-8-7-19(31)14-32-22/h7-10,12-14,17-18,33H,5-6,11,15,31H2,1-4H3,(H,36,39)/t17-,18-/m1/s1. The summed E-state index contributed by atoms with van der Waals surface area (Å²) in [6.45, 7) is 5.14. The average molecular weight is 625 g/mol. The molecule has 4 aromatic rings. The van der Waals surface area contributed by atoms with Gasteiger partial charge in [0.2, 0.25) is 16.0 Å². The molecule has 4 heterocycles. The Labute approximate surface area is 254 Å². The molecule has 0 bridgehead atoms. The van der Waals surface area contributed by atoms with Crippen molar-refractivity contribution in [2.24, 2.45) is 7.05 Å². The van der Waals surface area contributed by atoms with E-state index in [2.05, 4.69) is 20.2 Å². The number of anilines is 3. The molecule has 1 aliphatic rings. The van der Waals surface area contributed by atoms with E-state index in [1.165, 1.54) is 6.07 Å². The van der Waals surface area contributed by atoms with Gasteiger partial charge in [-0.2, -0.15) is 0 Å². The van der Waals surface area contributed by atoms with E-state index in [4.69, 9.17) is 22.3 Å². The van der Waals surface area contributed by atoms with Crippen LogP contribution in [0.25, 0.3) is 10.9 Å². The maximum atomic E-state index is 13.7. The number of nitrogens with two attached hydrogens (primary N) is 1. The van der Waals surface area contributed by atoms with Crippen molar-refractivity contribution in [1.29, 1.82) is 0 Å². The number of piperidine rings is 1. The number of carbonyl (C=O) groups excluding carboxylic acids is 1. The van der Waals surface area contributed by atoms with Gasteiger partial charge in [-0.3, -0.25) is 19.1 Å². The number of sulfonamides is 1. The number of amides is 1. The van der Waals surface area contributed by atoms with E-state index >= 15 is 0 Å². The van der Waals surface area contributed by atoms with Gasteiger partial charge < -0.3 is 16.0 Å². The Bertz CT molecular complexity index is 1880. The van der Waals surface area contributed by atoms with Crippen LogP contribution in [0.4, 0.5) is 17.3 Å². The molecule has 226 valence electrons. The minimum atomic E-state index is -3.84. The fraction of sp³-hybridized carbons (Fsp3) is 0.345. The number of rotatable bonds is 7. The largest absolute Gasteiger partial charge is 0.397 e. The molecule has 0 saturated carbocycles. The van der Waals surface area contributed by atoms with Crippen LogP contribution < -0.4 is 26.2 Å². The number of pyridine rings is 2. The van der Waals surface area contributed by atoms with Crippen LogP contribution in [-0.4, -0.2) is 53.2 Å². The number of aryl methyl sites for hydroxylation is 1. The summed E-state index contributed by atoms with van der Waals surface area (Å²) in [6.07, 6.45) is 4.41. The molecule has 0 radical (unpaired) electrons. The first-order valence-corrected chi connectivity index (χ1v) is 16.0. The smallest absolute Gasteiger partial charge is 0.285 e. The molecule has 3 aromatic heterocycles. The number of nitrogen functional groups attached to an aromatic ring is 1. The first kappa shape index (κ1) is 30.2. The van der Waals surface area contributed by atoms with E-state index in [-0.39, 0.29) is 28.0 Å². The molecular formula is C29H33ClN8O4S. The molecule has 1 fully saturated rings. The van der Waals surface area contributed by atoms with Crippen LogP contribution in [0.5, 0.6) is 0 Å². The van der Waals surface area contributed by atoms with Gasteiger partial charge in [-0.05, 0) is 62.6 Å². The van der Waals surface area contributed by atoms with Crippen LogP contribution in [0.3, 0.4) is 0 Å². The highest BCUT2D eigenvalue weighted by Crippen LogP contribution is 2.32. The zero-order valence-corrected chi connectivity index (χ0v) is 25.8. The molecule has 5 rings (SSSR count). The predicted octanol–water partition coefficient (Wildman–Crippen LogP) is 3.51. The number of aromatic nitrogens is 4. The number of fused-ring (bicyclic) bond motifs is 1. The summed E-state index contributed by atoms with van der Waals surface area (Å²) in [4.78, 5) is 42.2. The molecule has 12 nitrogen and oxygen atoms in total. The Balaban J connectivity index is 1.53. The lowest BCUT2D eigenvalue weighted by atomic mass is 9.94. The molecule has 0 unspecified atom stereocenters. The second kappa shape index (κ2) is 11.8. The van der Waals surface area contributed by atoms with Crippen molar-refractivity contribution in [3.63, 3.8) is 0 Å². The third-order valence-electron chi connectivity index (χ3n) is 7.46. The van der Waals surface area contributed by atoms with Crippen molar-refractivity contribution < 1.29 is 13.2 Å². The van der Waals surface area contributed by atoms with Gasteiger partial charge in [-0.15, -0.1) is 0 Å². The van der Waals surface area contributed by atoms with E-state index < -0.39 is 22.0 Å². The third-order valence-corrected chi connectivity index (χ3v) is 8.22. The molecule has 1 amide bonds. The first-order valence-electron chi connectivity index (χ1n) is 13.7. The van der Waals surface area contributed by atoms with Gasteiger partial charge in [-0.25, -0.2) is 23.1 Å². The molecule has 1 aromatic carbocycles. The molecule has 43 heavy (non-hydrogen) atoms. The Morgan fingerprint density at radius 3 is 2.65 bits per heavy atom. The monoisotopic (exact) mass is 624 g/mol. The minimum Gasteiger partial charge on any atom is -0.397 e. The highest BCUT2D eigenvalue weighted by atomic mass is 35.5. The van der Waals surface area contributed by atoms with E-state index in [1.54, 1.807) is 23.9 Å². The summed E-state index contributed by atoms with van der Waals surface area (Å²) in [5.41, 5.74) is 9.43. The second-order valence-corrected chi connectivity index (χ2v) is 13.1. The van der Waals surface area contributed by atoms with Gasteiger partial charge in [-0.1, -0.05) is 17.7 Å². The molecule has 0 aliphatic carbocycles. The van der Waals surface area contributed by atoms with E-state index in [0.717, 1.165) is 42.5 Å². The number of hydrogen-bond donors (Lipinski definition) is 3. The minimum absolute atomic E-state index is 0.0293. The van der Waals surface area contributed by atoms with Crippen LogP contribution >= 0.6 is 11.6 Å². The molecule has 2 atom stereocenters. The van der Waals surface area contributed by atoms with E-state index in [9.17, 15) is 18.0 Å². The third kappa shape index (κ3) is 6.57. The van der Waals surface area contributed by atoms with E-state index in [0.29, 0.717) is 29.1 Å². The number of benzene rings is 1. The van der Waals surface area contributed by atoms with Crippen molar-refractivity contribution >= 4 is 55.8 Å². The second-order valence-electron chi connectivity index (χ2n) is 10.9. The van der Waals surface area contributed by atoms with Crippen LogP contribution in [-0.2, 0) is 17.1 Å². The lowest BCUT2D eigenvalue weighted by molar-refractivity contribution is 0.0977. The highest BCUT2D eigenvalue weighted by molar-refractivity contribution is 7.89. The predicted molar refractivity (Wildman–Crippen MR) is 168 cm³/mol. The van der Waals surface area contributed by atoms with Crippen LogP contribution in [0.1, 0.15) is 59.0 Å². The fourth-order valence-corrected chi connectivity index (χ4v) is 6.05. The van der Waals surface area contributed by atoms with Crippen molar-refractivity contribution in [3.8, 4) is 0 Å². The zero-order chi connectivity index (χ0) is 31.1. The Hall–Kier alpha value is -4.23. The first-order chi connectivity index (χ1) is 20.3. The number of nitrogens with one attached hydrogen (secondary N) is 2. The topological polar surface area (TPSA) is 165 Å².